The summed E-state index contributed by atoms with van der Waals surface area (Å²) in [5.41, 5.74) is 1.38. The standard InChI is InChI=1S/C17H26O3/c1-4-5-6-7-14-8-10-15(11-9-14)18-12-16-13-19-17(2,3)20-16/h8-11,16H,4-7,12-13H2,1-3H3/t16-/m1/s1. The predicted molar refractivity (Wildman–Crippen MR) is 80.1 cm³/mol. The van der Waals surface area contributed by atoms with Crippen LogP contribution in [-0.4, -0.2) is 25.1 Å². The number of benzene rings is 1. The summed E-state index contributed by atoms with van der Waals surface area (Å²) in [6, 6.07) is 8.40. The molecule has 0 spiro atoms. The highest BCUT2D eigenvalue weighted by atomic mass is 16.7. The van der Waals surface area contributed by atoms with Crippen LogP contribution in [0.4, 0.5) is 0 Å². The van der Waals surface area contributed by atoms with Crippen LogP contribution in [0, 0.1) is 0 Å². The normalized spacial score (nSPS) is 21.1. The molecule has 0 aromatic heterocycles. The maximum atomic E-state index is 5.76. The fourth-order valence-corrected chi connectivity index (χ4v) is 2.37. The van der Waals surface area contributed by atoms with Crippen LogP contribution in [0.5, 0.6) is 5.75 Å². The van der Waals surface area contributed by atoms with Crippen LogP contribution in [0.1, 0.15) is 45.6 Å². The Labute approximate surface area is 122 Å². The molecular weight excluding hydrogens is 252 g/mol. The first-order valence-corrected chi connectivity index (χ1v) is 7.62. The summed E-state index contributed by atoms with van der Waals surface area (Å²) in [5.74, 6) is 0.425. The van der Waals surface area contributed by atoms with E-state index in [1.54, 1.807) is 0 Å². The molecule has 1 heterocycles. The van der Waals surface area contributed by atoms with Gasteiger partial charge < -0.3 is 14.2 Å². The molecule has 0 amide bonds. The van der Waals surface area contributed by atoms with Crippen molar-refractivity contribution in [3.8, 4) is 5.75 Å². The minimum atomic E-state index is -0.475. The second-order valence-electron chi connectivity index (χ2n) is 5.86. The topological polar surface area (TPSA) is 27.7 Å². The molecule has 1 saturated heterocycles. The molecule has 1 aliphatic rings. The van der Waals surface area contributed by atoms with Crippen molar-refractivity contribution in [3.05, 3.63) is 29.8 Å². The SMILES string of the molecule is CCCCCc1ccc(OC[C@@H]2COC(C)(C)O2)cc1. The third-order valence-electron chi connectivity index (χ3n) is 3.50. The summed E-state index contributed by atoms with van der Waals surface area (Å²) >= 11 is 0. The van der Waals surface area contributed by atoms with E-state index in [1.165, 1.54) is 24.8 Å². The quantitative estimate of drug-likeness (QED) is 0.707. The Morgan fingerprint density at radius 1 is 1.20 bits per heavy atom. The zero-order valence-electron chi connectivity index (χ0n) is 12.9. The van der Waals surface area contributed by atoms with Gasteiger partial charge in [0.25, 0.3) is 0 Å². The van der Waals surface area contributed by atoms with E-state index in [-0.39, 0.29) is 6.10 Å². The minimum Gasteiger partial charge on any atom is -0.491 e. The Morgan fingerprint density at radius 2 is 1.95 bits per heavy atom. The lowest BCUT2D eigenvalue weighted by atomic mass is 10.1. The van der Waals surface area contributed by atoms with Crippen LogP contribution in [0.25, 0.3) is 0 Å². The largest absolute Gasteiger partial charge is 0.491 e. The average molecular weight is 278 g/mol. The molecule has 1 fully saturated rings. The molecule has 0 bridgehead atoms. The van der Waals surface area contributed by atoms with Crippen LogP contribution in [0.2, 0.25) is 0 Å². The molecule has 0 saturated carbocycles. The van der Waals surface area contributed by atoms with E-state index in [9.17, 15) is 0 Å². The molecule has 3 heteroatoms. The van der Waals surface area contributed by atoms with Crippen molar-refractivity contribution in [2.45, 2.75) is 58.3 Å². The molecule has 3 nitrogen and oxygen atoms in total. The first kappa shape index (κ1) is 15.3. The van der Waals surface area contributed by atoms with Crippen molar-refractivity contribution in [1.82, 2.24) is 0 Å². The molecule has 1 atom stereocenters. The van der Waals surface area contributed by atoms with E-state index in [1.807, 2.05) is 26.0 Å². The second kappa shape index (κ2) is 7.09. The fraction of sp³-hybridized carbons (Fsp3) is 0.647. The highest BCUT2D eigenvalue weighted by Crippen LogP contribution is 2.23. The van der Waals surface area contributed by atoms with Crippen LogP contribution in [0.3, 0.4) is 0 Å². The highest BCUT2D eigenvalue weighted by Gasteiger charge is 2.32. The van der Waals surface area contributed by atoms with Gasteiger partial charge in [0, 0.05) is 0 Å². The molecule has 2 rings (SSSR count). The Morgan fingerprint density at radius 3 is 2.55 bits per heavy atom. The Hall–Kier alpha value is -1.06. The van der Waals surface area contributed by atoms with Gasteiger partial charge in [-0.1, -0.05) is 31.9 Å². The lowest BCUT2D eigenvalue weighted by molar-refractivity contribution is -0.141. The summed E-state index contributed by atoms with van der Waals surface area (Å²) < 4.78 is 17.0. The molecule has 20 heavy (non-hydrogen) atoms. The summed E-state index contributed by atoms with van der Waals surface area (Å²) in [5, 5.41) is 0. The Bertz CT molecular complexity index is 397. The van der Waals surface area contributed by atoms with Crippen molar-refractivity contribution in [2.24, 2.45) is 0 Å². The van der Waals surface area contributed by atoms with Crippen LogP contribution >= 0.6 is 0 Å². The van der Waals surface area contributed by atoms with E-state index >= 15 is 0 Å². The first-order valence-electron chi connectivity index (χ1n) is 7.62. The van der Waals surface area contributed by atoms with Gasteiger partial charge in [-0.25, -0.2) is 0 Å². The lowest BCUT2D eigenvalue weighted by Gasteiger charge is -2.17. The van der Waals surface area contributed by atoms with Crippen LogP contribution < -0.4 is 4.74 Å². The lowest BCUT2D eigenvalue weighted by Crippen LogP contribution is -2.25. The van der Waals surface area contributed by atoms with Gasteiger partial charge >= 0.3 is 0 Å². The zero-order valence-corrected chi connectivity index (χ0v) is 12.9. The van der Waals surface area contributed by atoms with E-state index in [0.29, 0.717) is 13.2 Å². The number of hydrogen-bond acceptors (Lipinski definition) is 3. The molecular formula is C17H26O3. The van der Waals surface area contributed by atoms with Gasteiger partial charge in [-0.15, -0.1) is 0 Å². The second-order valence-corrected chi connectivity index (χ2v) is 5.86. The van der Waals surface area contributed by atoms with Gasteiger partial charge in [-0.3, -0.25) is 0 Å². The fourth-order valence-electron chi connectivity index (χ4n) is 2.37. The molecule has 112 valence electrons. The average Bonchev–Trinajstić information content (AvgIpc) is 2.78. The van der Waals surface area contributed by atoms with Gasteiger partial charge in [0.05, 0.1) is 6.61 Å². The minimum absolute atomic E-state index is 0.0224. The maximum absolute atomic E-state index is 5.76. The zero-order chi connectivity index (χ0) is 14.4. The molecule has 0 unspecified atom stereocenters. The molecule has 0 N–H and O–H groups in total. The number of hydrogen-bond donors (Lipinski definition) is 0. The van der Waals surface area contributed by atoms with Crippen molar-refractivity contribution in [3.63, 3.8) is 0 Å². The highest BCUT2D eigenvalue weighted by molar-refractivity contribution is 5.27. The molecule has 0 radical (unpaired) electrons. The molecule has 1 aromatic rings. The summed E-state index contributed by atoms with van der Waals surface area (Å²) in [6.07, 6.45) is 5.00. The Balaban J connectivity index is 1.74. The maximum Gasteiger partial charge on any atom is 0.163 e. The third kappa shape index (κ3) is 4.80. The third-order valence-corrected chi connectivity index (χ3v) is 3.50. The van der Waals surface area contributed by atoms with Crippen molar-refractivity contribution < 1.29 is 14.2 Å². The van der Waals surface area contributed by atoms with Crippen molar-refractivity contribution >= 4 is 0 Å². The van der Waals surface area contributed by atoms with Gasteiger partial charge in [-0.05, 0) is 44.4 Å². The van der Waals surface area contributed by atoms with Gasteiger partial charge in [0.15, 0.2) is 5.79 Å². The number of rotatable bonds is 7. The smallest absolute Gasteiger partial charge is 0.163 e. The molecule has 0 aliphatic carbocycles. The number of unbranched alkanes of at least 4 members (excludes halogenated alkanes) is 2. The van der Waals surface area contributed by atoms with Crippen molar-refractivity contribution in [2.75, 3.05) is 13.2 Å². The van der Waals surface area contributed by atoms with E-state index < -0.39 is 5.79 Å². The van der Waals surface area contributed by atoms with E-state index in [4.69, 9.17) is 14.2 Å². The molecule has 1 aliphatic heterocycles. The molecule has 1 aromatic carbocycles. The summed E-state index contributed by atoms with van der Waals surface area (Å²) in [4.78, 5) is 0. The van der Waals surface area contributed by atoms with Crippen LogP contribution in [-0.2, 0) is 15.9 Å². The number of aryl methyl sites for hydroxylation is 1. The van der Waals surface area contributed by atoms with Crippen LogP contribution in [0.15, 0.2) is 24.3 Å². The van der Waals surface area contributed by atoms with Gasteiger partial charge in [0.1, 0.15) is 18.5 Å². The number of ether oxygens (including phenoxy) is 3. The summed E-state index contributed by atoms with van der Waals surface area (Å²) in [7, 11) is 0. The van der Waals surface area contributed by atoms with Crippen molar-refractivity contribution in [1.29, 1.82) is 0 Å². The van der Waals surface area contributed by atoms with E-state index in [0.717, 1.165) is 12.2 Å². The Kier molecular flexibility index (Phi) is 5.44. The van der Waals surface area contributed by atoms with Gasteiger partial charge in [0.2, 0.25) is 0 Å². The predicted octanol–water partition coefficient (Wildman–Crippen LogP) is 3.95. The van der Waals surface area contributed by atoms with E-state index in [2.05, 4.69) is 19.1 Å². The summed E-state index contributed by atoms with van der Waals surface area (Å²) in [6.45, 7) is 7.23. The monoisotopic (exact) mass is 278 g/mol. The van der Waals surface area contributed by atoms with Gasteiger partial charge in [-0.2, -0.15) is 0 Å². The first-order chi connectivity index (χ1) is 9.59.